The Morgan fingerprint density at radius 3 is 2.75 bits per heavy atom. The average Bonchev–Trinajstić information content (AvgIpc) is 2.23. The molecule has 0 fully saturated rings. The maximum absolute atomic E-state index is 12.9. The van der Waals surface area contributed by atoms with Gasteiger partial charge in [-0.05, 0) is 24.7 Å². The lowest BCUT2D eigenvalue weighted by Gasteiger charge is -2.19. The van der Waals surface area contributed by atoms with Gasteiger partial charge in [-0.2, -0.15) is 0 Å². The molecule has 1 aromatic rings. The molecule has 0 radical (unpaired) electrons. The molecule has 90 valence electrons. The smallest absolute Gasteiger partial charge is 0.141 e. The van der Waals surface area contributed by atoms with Gasteiger partial charge in [0.25, 0.3) is 0 Å². The van der Waals surface area contributed by atoms with Gasteiger partial charge in [-0.15, -0.1) is 0 Å². The molecule has 0 amide bonds. The number of benzene rings is 1. The van der Waals surface area contributed by atoms with Gasteiger partial charge < -0.3 is 10.2 Å². The Bertz CT molecular complexity index is 349. The fraction of sp³-hybridized carbons (Fsp3) is 0.455. The Kier molecular flexibility index (Phi) is 5.15. The molecule has 0 aliphatic rings. The van der Waals surface area contributed by atoms with E-state index in [9.17, 15) is 9.50 Å². The zero-order valence-corrected chi connectivity index (χ0v) is 9.78. The van der Waals surface area contributed by atoms with E-state index in [1.165, 1.54) is 6.07 Å². The topological polar surface area (TPSA) is 43.7 Å². The molecule has 2 N–H and O–H groups in total. The monoisotopic (exact) mass is 247 g/mol. The Hall–Kier alpha value is -0.680. The van der Waals surface area contributed by atoms with Gasteiger partial charge in [-0.3, -0.25) is 4.90 Å². The van der Waals surface area contributed by atoms with E-state index in [4.69, 9.17) is 16.7 Å². The molecule has 3 nitrogen and oxygen atoms in total. The minimum absolute atomic E-state index is 0.0913. The Morgan fingerprint density at radius 2 is 2.19 bits per heavy atom. The highest BCUT2D eigenvalue weighted by atomic mass is 35.5. The molecule has 1 aromatic carbocycles. The second-order valence-corrected chi connectivity index (χ2v) is 4.19. The number of aliphatic hydroxyl groups excluding tert-OH is 2. The van der Waals surface area contributed by atoms with Crippen molar-refractivity contribution in [3.05, 3.63) is 34.6 Å². The van der Waals surface area contributed by atoms with Crippen LogP contribution in [0.2, 0.25) is 5.02 Å². The summed E-state index contributed by atoms with van der Waals surface area (Å²) in [6, 6.07) is 4.51. The summed E-state index contributed by atoms with van der Waals surface area (Å²) in [6.45, 7) is 0.622. The highest BCUT2D eigenvalue weighted by Gasteiger charge is 2.08. The third kappa shape index (κ3) is 4.06. The standard InChI is InChI=1S/C11H15ClFNO2/c1-14(6-9(16)7-15)5-8-2-3-11(13)10(12)4-8/h2-4,9,15-16H,5-7H2,1H3. The van der Waals surface area contributed by atoms with E-state index < -0.39 is 11.9 Å². The van der Waals surface area contributed by atoms with E-state index in [2.05, 4.69) is 0 Å². The molecule has 0 saturated carbocycles. The van der Waals surface area contributed by atoms with Crippen LogP contribution in [0.15, 0.2) is 18.2 Å². The predicted molar refractivity (Wildman–Crippen MR) is 60.8 cm³/mol. The van der Waals surface area contributed by atoms with Crippen molar-refractivity contribution < 1.29 is 14.6 Å². The summed E-state index contributed by atoms with van der Waals surface area (Å²) in [6.07, 6.45) is -0.763. The molecule has 1 atom stereocenters. The lowest BCUT2D eigenvalue weighted by atomic mass is 10.2. The molecule has 5 heteroatoms. The minimum atomic E-state index is -0.763. The number of hydrogen-bond acceptors (Lipinski definition) is 3. The Balaban J connectivity index is 2.56. The largest absolute Gasteiger partial charge is 0.394 e. The zero-order valence-electron chi connectivity index (χ0n) is 9.03. The molecule has 0 heterocycles. The number of aliphatic hydroxyl groups is 2. The summed E-state index contributed by atoms with van der Waals surface area (Å²) in [5.41, 5.74) is 0.860. The molecule has 1 rings (SSSR count). The summed E-state index contributed by atoms with van der Waals surface area (Å²) in [7, 11) is 1.80. The Labute approximate surface area is 99.1 Å². The van der Waals surface area contributed by atoms with Crippen molar-refractivity contribution in [2.75, 3.05) is 20.2 Å². The van der Waals surface area contributed by atoms with Crippen LogP contribution in [0.1, 0.15) is 5.56 Å². The van der Waals surface area contributed by atoms with Crippen molar-refractivity contribution >= 4 is 11.6 Å². The average molecular weight is 248 g/mol. The van der Waals surface area contributed by atoms with E-state index in [0.29, 0.717) is 13.1 Å². The van der Waals surface area contributed by atoms with Gasteiger partial charge in [0, 0.05) is 13.1 Å². The third-order valence-corrected chi connectivity index (χ3v) is 2.46. The van der Waals surface area contributed by atoms with Crippen LogP contribution in [-0.4, -0.2) is 41.4 Å². The highest BCUT2D eigenvalue weighted by Crippen LogP contribution is 2.16. The van der Waals surface area contributed by atoms with E-state index in [-0.39, 0.29) is 11.6 Å². The van der Waals surface area contributed by atoms with Gasteiger partial charge in [0.05, 0.1) is 17.7 Å². The minimum Gasteiger partial charge on any atom is -0.394 e. The van der Waals surface area contributed by atoms with E-state index in [1.54, 1.807) is 19.2 Å². The summed E-state index contributed by atoms with van der Waals surface area (Å²) >= 11 is 5.65. The summed E-state index contributed by atoms with van der Waals surface area (Å²) in [5, 5.41) is 18.0. The van der Waals surface area contributed by atoms with Gasteiger partial charge in [0.15, 0.2) is 0 Å². The molecule has 0 saturated heterocycles. The lowest BCUT2D eigenvalue weighted by Crippen LogP contribution is -2.30. The molecule has 0 aliphatic carbocycles. The first-order valence-corrected chi connectivity index (χ1v) is 5.32. The van der Waals surface area contributed by atoms with Crippen molar-refractivity contribution in [1.29, 1.82) is 0 Å². The van der Waals surface area contributed by atoms with Crippen molar-refractivity contribution in [3.63, 3.8) is 0 Å². The van der Waals surface area contributed by atoms with E-state index in [1.807, 2.05) is 4.90 Å². The van der Waals surface area contributed by atoms with Gasteiger partial charge in [0.2, 0.25) is 0 Å². The molecular weight excluding hydrogens is 233 g/mol. The first-order valence-electron chi connectivity index (χ1n) is 4.94. The van der Waals surface area contributed by atoms with Crippen LogP contribution in [0.5, 0.6) is 0 Å². The fourth-order valence-corrected chi connectivity index (χ4v) is 1.63. The zero-order chi connectivity index (χ0) is 12.1. The van der Waals surface area contributed by atoms with Gasteiger partial charge in [0.1, 0.15) is 5.82 Å². The highest BCUT2D eigenvalue weighted by molar-refractivity contribution is 6.30. The molecule has 0 aromatic heterocycles. The fourth-order valence-electron chi connectivity index (χ4n) is 1.43. The molecule has 1 unspecified atom stereocenters. The third-order valence-electron chi connectivity index (χ3n) is 2.17. The van der Waals surface area contributed by atoms with Crippen LogP contribution in [0.4, 0.5) is 4.39 Å². The molecule has 16 heavy (non-hydrogen) atoms. The maximum Gasteiger partial charge on any atom is 0.141 e. The van der Waals surface area contributed by atoms with Crippen LogP contribution in [0.3, 0.4) is 0 Å². The SMILES string of the molecule is CN(Cc1ccc(F)c(Cl)c1)CC(O)CO. The van der Waals surface area contributed by atoms with Crippen LogP contribution < -0.4 is 0 Å². The molecule has 0 aliphatic heterocycles. The predicted octanol–water partition coefficient (Wildman–Crippen LogP) is 1.26. The summed E-state index contributed by atoms with van der Waals surface area (Å²) in [5.74, 6) is -0.441. The maximum atomic E-state index is 12.9. The lowest BCUT2D eigenvalue weighted by molar-refractivity contribution is 0.0648. The van der Waals surface area contributed by atoms with Crippen LogP contribution in [0.25, 0.3) is 0 Å². The Morgan fingerprint density at radius 1 is 1.50 bits per heavy atom. The van der Waals surface area contributed by atoms with Gasteiger partial charge in [-0.25, -0.2) is 4.39 Å². The normalized spacial score (nSPS) is 13.1. The first-order chi connectivity index (χ1) is 7.52. The molecule has 0 spiro atoms. The quantitative estimate of drug-likeness (QED) is 0.824. The van der Waals surface area contributed by atoms with Crippen LogP contribution in [0, 0.1) is 5.82 Å². The first kappa shape index (κ1) is 13.4. The van der Waals surface area contributed by atoms with Gasteiger partial charge >= 0.3 is 0 Å². The number of likely N-dealkylation sites (N-methyl/N-ethyl adjacent to an activating group) is 1. The van der Waals surface area contributed by atoms with E-state index >= 15 is 0 Å². The van der Waals surface area contributed by atoms with Crippen LogP contribution in [-0.2, 0) is 6.54 Å². The number of hydrogen-bond donors (Lipinski definition) is 2. The van der Waals surface area contributed by atoms with Gasteiger partial charge in [-0.1, -0.05) is 17.7 Å². The van der Waals surface area contributed by atoms with Crippen LogP contribution >= 0.6 is 11.6 Å². The van der Waals surface area contributed by atoms with E-state index in [0.717, 1.165) is 5.56 Å². The second kappa shape index (κ2) is 6.15. The number of rotatable bonds is 5. The molecule has 0 bridgehead atoms. The van der Waals surface area contributed by atoms with Crippen molar-refractivity contribution in [1.82, 2.24) is 4.90 Å². The number of nitrogens with zero attached hydrogens (tertiary/aromatic N) is 1. The summed E-state index contributed by atoms with van der Waals surface area (Å²) < 4.78 is 12.9. The number of halogens is 2. The second-order valence-electron chi connectivity index (χ2n) is 3.78. The summed E-state index contributed by atoms with van der Waals surface area (Å²) in [4.78, 5) is 1.82. The molecular formula is C11H15ClFNO2. The van der Waals surface area contributed by atoms with Crippen molar-refractivity contribution in [2.45, 2.75) is 12.6 Å². The van der Waals surface area contributed by atoms with Crippen molar-refractivity contribution in [3.8, 4) is 0 Å². The van der Waals surface area contributed by atoms with Crippen molar-refractivity contribution in [2.24, 2.45) is 0 Å².